The summed E-state index contributed by atoms with van der Waals surface area (Å²) in [4.78, 5) is 19.8. The van der Waals surface area contributed by atoms with Crippen molar-refractivity contribution in [2.24, 2.45) is 0 Å². The molecule has 112 valence electrons. The van der Waals surface area contributed by atoms with Gasteiger partial charge in [-0.05, 0) is 36.8 Å². The van der Waals surface area contributed by atoms with E-state index in [9.17, 15) is 4.79 Å². The number of hydrogen-bond acceptors (Lipinski definition) is 3. The number of rotatable bonds is 2. The first-order valence-corrected chi connectivity index (χ1v) is 8.28. The Kier molecular flexibility index (Phi) is 4.59. The summed E-state index contributed by atoms with van der Waals surface area (Å²) < 4.78 is 0. The molecule has 1 aliphatic heterocycles. The Morgan fingerprint density at radius 3 is 2.91 bits per heavy atom. The number of carbonyl (C=O) groups is 1. The van der Waals surface area contributed by atoms with Crippen LogP contribution in [0.4, 0.5) is 5.69 Å². The van der Waals surface area contributed by atoms with Gasteiger partial charge in [-0.15, -0.1) is 11.8 Å². The fourth-order valence-corrected chi connectivity index (χ4v) is 3.55. The summed E-state index contributed by atoms with van der Waals surface area (Å²) in [5.74, 6) is 0.00723. The van der Waals surface area contributed by atoms with Gasteiger partial charge in [-0.25, -0.2) is 0 Å². The largest absolute Gasteiger partial charge is 0.308 e. The minimum Gasteiger partial charge on any atom is -0.308 e. The number of thioether (sulfide) groups is 1. The van der Waals surface area contributed by atoms with Gasteiger partial charge in [0.1, 0.15) is 0 Å². The van der Waals surface area contributed by atoms with E-state index in [0.717, 1.165) is 24.3 Å². The third-order valence-corrected chi connectivity index (χ3v) is 4.83. The van der Waals surface area contributed by atoms with Crippen LogP contribution in [-0.2, 0) is 4.79 Å². The molecule has 0 fully saturated rings. The maximum absolute atomic E-state index is 12.6. The van der Waals surface area contributed by atoms with E-state index in [1.54, 1.807) is 18.3 Å². The first-order chi connectivity index (χ1) is 10.7. The molecular weight excluding hydrogens is 292 g/mol. The number of benzene rings is 1. The van der Waals surface area contributed by atoms with Crippen molar-refractivity contribution in [3.05, 3.63) is 60.4 Å². The number of anilines is 1. The van der Waals surface area contributed by atoms with E-state index in [1.165, 1.54) is 4.90 Å². The topological polar surface area (TPSA) is 33.2 Å². The van der Waals surface area contributed by atoms with Gasteiger partial charge in [0, 0.05) is 29.0 Å². The Balaban J connectivity index is 1.84. The second-order valence-electron chi connectivity index (χ2n) is 5.26. The summed E-state index contributed by atoms with van der Waals surface area (Å²) in [5, 5.41) is 0.513. The van der Waals surface area contributed by atoms with E-state index in [2.05, 4.69) is 18.0 Å². The summed E-state index contributed by atoms with van der Waals surface area (Å²) in [5.41, 5.74) is 1.80. The van der Waals surface area contributed by atoms with Crippen LogP contribution < -0.4 is 4.90 Å². The normalized spacial score (nSPS) is 18.0. The van der Waals surface area contributed by atoms with Crippen LogP contribution in [0.25, 0.3) is 6.08 Å². The van der Waals surface area contributed by atoms with Crippen LogP contribution >= 0.6 is 11.8 Å². The van der Waals surface area contributed by atoms with E-state index in [4.69, 9.17) is 0 Å². The molecule has 1 amide bonds. The number of pyridine rings is 1. The van der Waals surface area contributed by atoms with Crippen LogP contribution in [0.15, 0.2) is 59.6 Å². The van der Waals surface area contributed by atoms with Crippen molar-refractivity contribution >= 4 is 29.4 Å². The van der Waals surface area contributed by atoms with Crippen molar-refractivity contribution in [3.8, 4) is 0 Å². The Morgan fingerprint density at radius 1 is 1.27 bits per heavy atom. The van der Waals surface area contributed by atoms with Gasteiger partial charge in [0.2, 0.25) is 0 Å². The third-order valence-electron chi connectivity index (χ3n) is 3.59. The standard InChI is InChI=1S/C18H18N2OS/c1-14-11-13-20(16-7-2-3-8-17(16)22-14)18(21)10-9-15-6-4-5-12-19-15/h2-10,12,14H,11,13H2,1H3/b10-9-/t14-/m0/s1. The first-order valence-electron chi connectivity index (χ1n) is 7.40. The summed E-state index contributed by atoms with van der Waals surface area (Å²) in [7, 11) is 0. The van der Waals surface area contributed by atoms with E-state index >= 15 is 0 Å². The van der Waals surface area contributed by atoms with Gasteiger partial charge < -0.3 is 4.90 Å². The highest BCUT2D eigenvalue weighted by Gasteiger charge is 2.22. The predicted molar refractivity (Wildman–Crippen MR) is 92.0 cm³/mol. The zero-order chi connectivity index (χ0) is 15.4. The van der Waals surface area contributed by atoms with Crippen molar-refractivity contribution in [2.45, 2.75) is 23.5 Å². The molecule has 0 radical (unpaired) electrons. The van der Waals surface area contributed by atoms with Gasteiger partial charge >= 0.3 is 0 Å². The molecule has 4 heteroatoms. The highest BCUT2D eigenvalue weighted by atomic mass is 32.2. The molecule has 0 aliphatic carbocycles. The number of amides is 1. The Labute approximate surface area is 135 Å². The van der Waals surface area contributed by atoms with Crippen molar-refractivity contribution in [1.82, 2.24) is 4.98 Å². The van der Waals surface area contributed by atoms with Gasteiger partial charge in [-0.2, -0.15) is 0 Å². The van der Waals surface area contributed by atoms with E-state index in [-0.39, 0.29) is 5.91 Å². The van der Waals surface area contributed by atoms with Crippen molar-refractivity contribution in [1.29, 1.82) is 0 Å². The first kappa shape index (κ1) is 14.9. The molecule has 3 rings (SSSR count). The SMILES string of the molecule is C[C@H]1CCN(C(=O)/C=C\c2ccccn2)c2ccccc2S1. The molecule has 2 aromatic rings. The van der Waals surface area contributed by atoms with Crippen molar-refractivity contribution in [3.63, 3.8) is 0 Å². The van der Waals surface area contributed by atoms with Crippen LogP contribution in [0.3, 0.4) is 0 Å². The van der Waals surface area contributed by atoms with Crippen LogP contribution in [0, 0.1) is 0 Å². The van der Waals surface area contributed by atoms with Gasteiger partial charge in [0.05, 0.1) is 11.4 Å². The molecular formula is C18H18N2OS. The number of carbonyl (C=O) groups excluding carboxylic acids is 1. The summed E-state index contributed by atoms with van der Waals surface area (Å²) in [6.07, 6.45) is 6.10. The Morgan fingerprint density at radius 2 is 2.09 bits per heavy atom. The zero-order valence-corrected chi connectivity index (χ0v) is 13.3. The number of fused-ring (bicyclic) bond motifs is 1. The van der Waals surface area contributed by atoms with E-state index < -0.39 is 0 Å². The summed E-state index contributed by atoms with van der Waals surface area (Å²) in [6, 6.07) is 13.8. The van der Waals surface area contributed by atoms with Crippen molar-refractivity contribution in [2.75, 3.05) is 11.4 Å². The highest BCUT2D eigenvalue weighted by molar-refractivity contribution is 8.00. The molecule has 0 saturated heterocycles. The van der Waals surface area contributed by atoms with E-state index in [1.807, 2.05) is 53.1 Å². The average Bonchev–Trinajstić information content (AvgIpc) is 2.72. The van der Waals surface area contributed by atoms with Crippen LogP contribution in [0.1, 0.15) is 19.0 Å². The molecule has 2 heterocycles. The lowest BCUT2D eigenvalue weighted by atomic mass is 10.2. The molecule has 22 heavy (non-hydrogen) atoms. The van der Waals surface area contributed by atoms with Crippen LogP contribution in [-0.4, -0.2) is 22.7 Å². The molecule has 1 aliphatic rings. The lowest BCUT2D eigenvalue weighted by Crippen LogP contribution is -2.30. The molecule has 0 unspecified atom stereocenters. The highest BCUT2D eigenvalue weighted by Crippen LogP contribution is 2.37. The smallest absolute Gasteiger partial charge is 0.251 e. The minimum absolute atomic E-state index is 0.00723. The fraction of sp³-hybridized carbons (Fsp3) is 0.222. The van der Waals surface area contributed by atoms with Gasteiger partial charge in [0.15, 0.2) is 0 Å². The lowest BCUT2D eigenvalue weighted by molar-refractivity contribution is -0.114. The predicted octanol–water partition coefficient (Wildman–Crippen LogP) is 4.01. The Bertz CT molecular complexity index is 684. The quantitative estimate of drug-likeness (QED) is 0.786. The minimum atomic E-state index is 0.00723. The molecule has 1 aromatic carbocycles. The number of hydrogen-bond donors (Lipinski definition) is 0. The number of para-hydroxylation sites is 1. The molecule has 1 atom stereocenters. The average molecular weight is 310 g/mol. The number of nitrogens with zero attached hydrogens (tertiary/aromatic N) is 2. The van der Waals surface area contributed by atoms with E-state index in [0.29, 0.717) is 5.25 Å². The molecule has 0 spiro atoms. The molecule has 3 nitrogen and oxygen atoms in total. The van der Waals surface area contributed by atoms with Crippen LogP contribution in [0.2, 0.25) is 0 Å². The molecule has 0 saturated carbocycles. The Hall–Kier alpha value is -2.07. The molecule has 0 N–H and O–H groups in total. The van der Waals surface area contributed by atoms with Gasteiger partial charge in [-0.3, -0.25) is 9.78 Å². The monoisotopic (exact) mass is 310 g/mol. The molecule has 0 bridgehead atoms. The van der Waals surface area contributed by atoms with Crippen molar-refractivity contribution < 1.29 is 4.79 Å². The molecule has 1 aromatic heterocycles. The third kappa shape index (κ3) is 3.39. The lowest BCUT2D eigenvalue weighted by Gasteiger charge is -2.20. The maximum Gasteiger partial charge on any atom is 0.251 e. The summed E-state index contributed by atoms with van der Waals surface area (Å²) in [6.45, 7) is 2.95. The van der Waals surface area contributed by atoms with Gasteiger partial charge in [0.25, 0.3) is 5.91 Å². The second kappa shape index (κ2) is 6.79. The second-order valence-corrected chi connectivity index (χ2v) is 6.74. The number of aromatic nitrogens is 1. The zero-order valence-electron chi connectivity index (χ0n) is 12.5. The van der Waals surface area contributed by atoms with Crippen LogP contribution in [0.5, 0.6) is 0 Å². The summed E-state index contributed by atoms with van der Waals surface area (Å²) >= 11 is 1.84. The fourth-order valence-electron chi connectivity index (χ4n) is 2.44. The van der Waals surface area contributed by atoms with Gasteiger partial charge in [-0.1, -0.05) is 25.1 Å². The maximum atomic E-state index is 12.6.